The van der Waals surface area contributed by atoms with Crippen molar-refractivity contribution in [2.45, 2.75) is 43.0 Å². The number of aryl methyl sites for hydroxylation is 1. The zero-order chi connectivity index (χ0) is 19.2. The van der Waals surface area contributed by atoms with Gasteiger partial charge in [-0.1, -0.05) is 20.8 Å². The van der Waals surface area contributed by atoms with Crippen LogP contribution >= 0.6 is 23.5 Å². The molecule has 5 nitrogen and oxygen atoms in total. The molecule has 0 aromatic carbocycles. The average molecular weight is 396 g/mol. The van der Waals surface area contributed by atoms with E-state index in [0.29, 0.717) is 5.92 Å². The fourth-order valence-corrected chi connectivity index (χ4v) is 3.69. The Balaban J connectivity index is 0.000000201. The third-order valence-electron chi connectivity index (χ3n) is 3.76. The Hall–Kier alpha value is -1.02. The van der Waals surface area contributed by atoms with Gasteiger partial charge in [-0.3, -0.25) is 4.98 Å². The highest BCUT2D eigenvalue weighted by atomic mass is 32.2. The van der Waals surface area contributed by atoms with Crippen molar-refractivity contribution >= 4 is 23.5 Å². The molecule has 146 valence electrons. The normalized spacial score (nSPS) is 13.5. The van der Waals surface area contributed by atoms with Crippen LogP contribution in [0.5, 0.6) is 0 Å². The monoisotopic (exact) mass is 395 g/mol. The Labute approximate surface area is 167 Å². The van der Waals surface area contributed by atoms with Gasteiger partial charge in [-0.05, 0) is 30.9 Å². The summed E-state index contributed by atoms with van der Waals surface area (Å²) in [6.45, 7) is 11.0. The number of piperazine rings is 1. The third kappa shape index (κ3) is 8.58. The van der Waals surface area contributed by atoms with Crippen LogP contribution in [0.15, 0.2) is 34.6 Å². The number of aromatic amines is 1. The highest BCUT2D eigenvalue weighted by molar-refractivity contribution is 7.98. The zero-order valence-corrected chi connectivity index (χ0v) is 18.3. The van der Waals surface area contributed by atoms with Gasteiger partial charge in [0.1, 0.15) is 5.03 Å². The van der Waals surface area contributed by atoms with Crippen LogP contribution in [-0.4, -0.2) is 53.6 Å². The molecule has 2 aromatic heterocycles. The minimum absolute atomic E-state index is 0.609. The lowest BCUT2D eigenvalue weighted by atomic mass is 10.1. The molecule has 3 rings (SSSR count). The van der Waals surface area contributed by atoms with Crippen LogP contribution in [0.4, 0.5) is 0 Å². The lowest BCUT2D eigenvalue weighted by molar-refractivity contribution is 0.534. The maximum atomic E-state index is 4.18. The van der Waals surface area contributed by atoms with E-state index in [-0.39, 0.29) is 0 Å². The largest absolute Gasteiger partial charge is 0.364 e. The number of hydrogen-bond donors (Lipinski definition) is 3. The van der Waals surface area contributed by atoms with Crippen molar-refractivity contribution in [3.8, 4) is 0 Å². The van der Waals surface area contributed by atoms with Crippen molar-refractivity contribution in [1.29, 1.82) is 0 Å². The molecule has 0 amide bonds. The quantitative estimate of drug-likeness (QED) is 0.684. The lowest BCUT2D eigenvalue weighted by Gasteiger charge is -2.11. The highest BCUT2D eigenvalue weighted by Crippen LogP contribution is 2.24. The molecule has 1 aliphatic heterocycles. The predicted molar refractivity (Wildman–Crippen MR) is 116 cm³/mol. The van der Waals surface area contributed by atoms with Crippen molar-refractivity contribution in [1.82, 2.24) is 25.6 Å². The van der Waals surface area contributed by atoms with Crippen molar-refractivity contribution < 1.29 is 0 Å². The van der Waals surface area contributed by atoms with Gasteiger partial charge in [0.05, 0.1) is 5.69 Å². The van der Waals surface area contributed by atoms with E-state index < -0.39 is 0 Å². The minimum atomic E-state index is 0.609. The van der Waals surface area contributed by atoms with Crippen LogP contribution in [0.25, 0.3) is 0 Å². The van der Waals surface area contributed by atoms with Crippen LogP contribution < -0.4 is 10.6 Å². The van der Waals surface area contributed by atoms with Crippen LogP contribution in [0, 0.1) is 0 Å². The molecule has 1 fully saturated rings. The summed E-state index contributed by atoms with van der Waals surface area (Å²) >= 11 is 3.45. The molecule has 7 heteroatoms. The summed E-state index contributed by atoms with van der Waals surface area (Å²) in [4.78, 5) is 13.0. The second-order valence-corrected chi connectivity index (χ2v) is 7.62. The first-order valence-electron chi connectivity index (χ1n) is 9.10. The topological polar surface area (TPSA) is 65.6 Å². The molecule has 1 saturated heterocycles. The van der Waals surface area contributed by atoms with Crippen LogP contribution in [0.3, 0.4) is 0 Å². The molecule has 0 atom stereocenters. The van der Waals surface area contributed by atoms with Crippen LogP contribution in [-0.2, 0) is 6.42 Å². The number of nitrogens with zero attached hydrogens (tertiary/aromatic N) is 2. The second-order valence-electron chi connectivity index (χ2n) is 5.98. The smallest absolute Gasteiger partial charge is 0.117 e. The number of rotatable bonds is 4. The standard InChI is InChI=1S/C8H13NS.C7H10N2S.C4H10N2/c1-6(2)8-7(10-3)4-5-9-8;1-3-6-7(10-2)9-5-4-8-6;1-2-6-4-3-5-1/h4-6,9H,1-3H3;4-5H,3H2,1-2H3;5-6H,1-4H2. The second kappa shape index (κ2) is 14.1. The molecule has 0 aliphatic carbocycles. The van der Waals surface area contributed by atoms with E-state index in [2.05, 4.69) is 58.7 Å². The van der Waals surface area contributed by atoms with E-state index in [9.17, 15) is 0 Å². The van der Waals surface area contributed by atoms with Crippen molar-refractivity contribution in [2.24, 2.45) is 0 Å². The molecule has 1 aliphatic rings. The van der Waals surface area contributed by atoms with Gasteiger partial charge in [-0.2, -0.15) is 0 Å². The third-order valence-corrected chi connectivity index (χ3v) is 5.28. The molecular weight excluding hydrogens is 362 g/mol. The first-order valence-corrected chi connectivity index (χ1v) is 11.6. The van der Waals surface area contributed by atoms with Gasteiger partial charge in [0.25, 0.3) is 0 Å². The van der Waals surface area contributed by atoms with Gasteiger partial charge in [0.15, 0.2) is 0 Å². The average Bonchev–Trinajstić information content (AvgIpc) is 3.19. The van der Waals surface area contributed by atoms with Gasteiger partial charge in [-0.25, -0.2) is 4.98 Å². The van der Waals surface area contributed by atoms with E-state index in [1.165, 1.54) is 10.6 Å². The SMILES string of the molecule is C1CNCCN1.CCc1nccnc1SC.CSc1cc[nH]c1C(C)C. The van der Waals surface area contributed by atoms with E-state index in [0.717, 1.165) is 43.3 Å². The number of aromatic nitrogens is 3. The number of thioether (sulfide) groups is 2. The fourth-order valence-electron chi connectivity index (χ4n) is 2.37. The molecule has 3 heterocycles. The Morgan fingerprint density at radius 2 is 1.62 bits per heavy atom. The van der Waals surface area contributed by atoms with Gasteiger partial charge < -0.3 is 15.6 Å². The molecule has 0 saturated carbocycles. The number of H-pyrrole nitrogens is 1. The Morgan fingerprint density at radius 3 is 2.00 bits per heavy atom. The Kier molecular flexibility index (Phi) is 12.5. The molecule has 26 heavy (non-hydrogen) atoms. The maximum absolute atomic E-state index is 4.18. The van der Waals surface area contributed by atoms with Gasteiger partial charge in [0.2, 0.25) is 0 Å². The fraction of sp³-hybridized carbons (Fsp3) is 0.579. The first-order chi connectivity index (χ1) is 12.6. The molecule has 3 N–H and O–H groups in total. The number of hydrogen-bond acceptors (Lipinski definition) is 6. The van der Waals surface area contributed by atoms with E-state index in [4.69, 9.17) is 0 Å². The molecule has 2 aromatic rings. The summed E-state index contributed by atoms with van der Waals surface area (Å²) in [5.41, 5.74) is 2.45. The van der Waals surface area contributed by atoms with E-state index in [1.807, 2.05) is 12.5 Å². The van der Waals surface area contributed by atoms with Gasteiger partial charge >= 0.3 is 0 Å². The molecule has 0 unspecified atom stereocenters. The summed E-state index contributed by atoms with van der Waals surface area (Å²) in [6.07, 6.45) is 10.5. The Bertz CT molecular complexity index is 563. The molecule has 0 radical (unpaired) electrons. The molecule has 0 bridgehead atoms. The van der Waals surface area contributed by atoms with E-state index in [1.54, 1.807) is 35.9 Å². The maximum Gasteiger partial charge on any atom is 0.117 e. The summed E-state index contributed by atoms with van der Waals surface area (Å²) in [7, 11) is 0. The predicted octanol–water partition coefficient (Wildman–Crippen LogP) is 3.80. The van der Waals surface area contributed by atoms with Gasteiger partial charge in [-0.15, -0.1) is 23.5 Å². The zero-order valence-electron chi connectivity index (χ0n) is 16.6. The van der Waals surface area contributed by atoms with Crippen molar-refractivity contribution in [3.63, 3.8) is 0 Å². The highest BCUT2D eigenvalue weighted by Gasteiger charge is 2.04. The first kappa shape index (κ1) is 23.0. The van der Waals surface area contributed by atoms with Crippen LogP contribution in [0.1, 0.15) is 38.1 Å². The Morgan fingerprint density at radius 1 is 1.00 bits per heavy atom. The van der Waals surface area contributed by atoms with Crippen molar-refractivity contribution in [3.05, 3.63) is 36.0 Å². The minimum Gasteiger partial charge on any atom is -0.364 e. The summed E-state index contributed by atoms with van der Waals surface area (Å²) in [5, 5.41) is 7.49. The van der Waals surface area contributed by atoms with Crippen molar-refractivity contribution in [2.75, 3.05) is 38.7 Å². The molecule has 0 spiro atoms. The number of nitrogens with one attached hydrogen (secondary N) is 3. The summed E-state index contributed by atoms with van der Waals surface area (Å²) in [5.74, 6) is 0.609. The lowest BCUT2D eigenvalue weighted by Crippen LogP contribution is -2.39. The molecular formula is C19H33N5S2. The summed E-state index contributed by atoms with van der Waals surface area (Å²) in [6, 6.07) is 2.12. The van der Waals surface area contributed by atoms with Crippen LogP contribution in [0.2, 0.25) is 0 Å². The summed E-state index contributed by atoms with van der Waals surface area (Å²) < 4.78 is 0. The van der Waals surface area contributed by atoms with E-state index >= 15 is 0 Å². The van der Waals surface area contributed by atoms with Gasteiger partial charge in [0, 0.05) is 55.4 Å².